The maximum absolute atomic E-state index is 10.2. The van der Waals surface area contributed by atoms with Crippen LogP contribution in [0.5, 0.6) is 0 Å². The summed E-state index contributed by atoms with van der Waals surface area (Å²) < 4.78 is 0. The molecule has 0 aliphatic heterocycles. The SMILES string of the molecule is C=C(C(N)=O)C(C)Cl. The zero-order valence-electron chi connectivity index (χ0n) is 4.65. The summed E-state index contributed by atoms with van der Waals surface area (Å²) in [4.78, 5) is 10.2. The van der Waals surface area contributed by atoms with Crippen molar-refractivity contribution in [3.8, 4) is 0 Å². The van der Waals surface area contributed by atoms with Gasteiger partial charge in [-0.05, 0) is 6.92 Å². The lowest BCUT2D eigenvalue weighted by Gasteiger charge is -1.99. The highest BCUT2D eigenvalue weighted by molar-refractivity contribution is 6.25. The number of amides is 1. The van der Waals surface area contributed by atoms with Gasteiger partial charge in [0, 0.05) is 5.57 Å². The molecule has 1 atom stereocenters. The van der Waals surface area contributed by atoms with E-state index in [0.29, 0.717) is 0 Å². The molecule has 2 nitrogen and oxygen atoms in total. The van der Waals surface area contributed by atoms with E-state index in [2.05, 4.69) is 6.58 Å². The van der Waals surface area contributed by atoms with Crippen molar-refractivity contribution < 1.29 is 4.79 Å². The van der Waals surface area contributed by atoms with Crippen LogP contribution in [0.2, 0.25) is 0 Å². The van der Waals surface area contributed by atoms with Crippen LogP contribution in [0.1, 0.15) is 6.92 Å². The maximum Gasteiger partial charge on any atom is 0.245 e. The number of halogens is 1. The number of carbonyl (C=O) groups excluding carboxylic acids is 1. The minimum Gasteiger partial charge on any atom is -0.366 e. The number of rotatable bonds is 2. The first-order valence-electron chi connectivity index (χ1n) is 2.18. The average molecular weight is 134 g/mol. The molecule has 1 unspecified atom stereocenters. The number of alkyl halides is 1. The van der Waals surface area contributed by atoms with E-state index in [9.17, 15) is 4.79 Å². The molecule has 0 radical (unpaired) electrons. The second kappa shape index (κ2) is 2.72. The normalized spacial score (nSPS) is 12.8. The van der Waals surface area contributed by atoms with Gasteiger partial charge in [0.15, 0.2) is 0 Å². The Labute approximate surface area is 53.3 Å². The molecule has 0 rings (SSSR count). The summed E-state index contributed by atoms with van der Waals surface area (Å²) in [7, 11) is 0. The number of hydrogen-bond donors (Lipinski definition) is 1. The predicted molar refractivity (Wildman–Crippen MR) is 33.6 cm³/mol. The zero-order chi connectivity index (χ0) is 6.73. The van der Waals surface area contributed by atoms with Gasteiger partial charge in [-0.15, -0.1) is 11.6 Å². The molecule has 0 heterocycles. The van der Waals surface area contributed by atoms with Gasteiger partial charge in [-0.3, -0.25) is 4.79 Å². The quantitative estimate of drug-likeness (QED) is 0.436. The van der Waals surface area contributed by atoms with E-state index in [1.54, 1.807) is 6.92 Å². The van der Waals surface area contributed by atoms with E-state index in [1.165, 1.54) is 0 Å². The molecule has 3 heteroatoms. The van der Waals surface area contributed by atoms with E-state index >= 15 is 0 Å². The fourth-order valence-electron chi connectivity index (χ4n) is 0.196. The maximum atomic E-state index is 10.2. The molecule has 0 saturated carbocycles. The first-order chi connectivity index (χ1) is 3.55. The Morgan fingerprint density at radius 3 is 2.25 bits per heavy atom. The van der Waals surface area contributed by atoms with Crippen LogP contribution in [0.25, 0.3) is 0 Å². The van der Waals surface area contributed by atoms with Crippen molar-refractivity contribution in [1.29, 1.82) is 0 Å². The molecule has 0 aromatic heterocycles. The molecular formula is C5H8ClNO. The number of carbonyl (C=O) groups is 1. The second-order valence-electron chi connectivity index (χ2n) is 1.51. The molecule has 46 valence electrons. The van der Waals surface area contributed by atoms with E-state index in [0.717, 1.165) is 0 Å². The molecule has 1 amide bonds. The summed E-state index contributed by atoms with van der Waals surface area (Å²) >= 11 is 5.42. The van der Waals surface area contributed by atoms with Crippen molar-refractivity contribution >= 4 is 17.5 Å². The van der Waals surface area contributed by atoms with E-state index in [4.69, 9.17) is 17.3 Å². The van der Waals surface area contributed by atoms with E-state index in [1.807, 2.05) is 0 Å². The third kappa shape index (κ3) is 1.98. The van der Waals surface area contributed by atoms with Crippen molar-refractivity contribution in [2.24, 2.45) is 5.73 Å². The van der Waals surface area contributed by atoms with Gasteiger partial charge >= 0.3 is 0 Å². The van der Waals surface area contributed by atoms with Crippen molar-refractivity contribution in [3.63, 3.8) is 0 Å². The molecule has 0 saturated heterocycles. The largest absolute Gasteiger partial charge is 0.366 e. The third-order valence-electron chi connectivity index (χ3n) is 0.797. The molecule has 2 N–H and O–H groups in total. The first-order valence-corrected chi connectivity index (χ1v) is 2.62. The zero-order valence-corrected chi connectivity index (χ0v) is 5.40. The van der Waals surface area contributed by atoms with Crippen molar-refractivity contribution in [1.82, 2.24) is 0 Å². The molecule has 0 aliphatic carbocycles. The molecule has 0 aliphatic rings. The minimum atomic E-state index is -0.535. The van der Waals surface area contributed by atoms with Gasteiger partial charge in [0.2, 0.25) is 5.91 Å². The van der Waals surface area contributed by atoms with Crippen LogP contribution in [-0.2, 0) is 4.79 Å². The molecular weight excluding hydrogens is 126 g/mol. The monoisotopic (exact) mass is 133 g/mol. The molecule has 0 spiro atoms. The standard InChI is InChI=1S/C5H8ClNO/c1-3(4(2)6)5(7)8/h4H,1H2,2H3,(H2,7,8). The van der Waals surface area contributed by atoms with Gasteiger partial charge in [-0.1, -0.05) is 6.58 Å². The predicted octanol–water partition coefficient (Wildman–Crippen LogP) is 0.655. The number of primary amides is 1. The summed E-state index contributed by atoms with van der Waals surface area (Å²) in [5.74, 6) is -0.535. The van der Waals surface area contributed by atoms with Crippen LogP contribution in [0, 0.1) is 0 Å². The summed E-state index contributed by atoms with van der Waals surface area (Å²) in [6, 6.07) is 0. The number of hydrogen-bond acceptors (Lipinski definition) is 1. The van der Waals surface area contributed by atoms with Gasteiger partial charge in [-0.2, -0.15) is 0 Å². The van der Waals surface area contributed by atoms with Gasteiger partial charge in [-0.25, -0.2) is 0 Å². The third-order valence-corrected chi connectivity index (χ3v) is 1.06. The van der Waals surface area contributed by atoms with Crippen molar-refractivity contribution in [2.45, 2.75) is 12.3 Å². The van der Waals surface area contributed by atoms with Crippen LogP contribution in [-0.4, -0.2) is 11.3 Å². The van der Waals surface area contributed by atoms with Crippen LogP contribution in [0.4, 0.5) is 0 Å². The Kier molecular flexibility index (Phi) is 2.55. The minimum absolute atomic E-state index is 0.256. The van der Waals surface area contributed by atoms with Gasteiger partial charge in [0.05, 0.1) is 5.38 Å². The highest BCUT2D eigenvalue weighted by atomic mass is 35.5. The molecule has 0 aromatic rings. The van der Waals surface area contributed by atoms with Crippen molar-refractivity contribution in [3.05, 3.63) is 12.2 Å². The number of nitrogens with two attached hydrogens (primary N) is 1. The van der Waals surface area contributed by atoms with Crippen LogP contribution in [0.3, 0.4) is 0 Å². The fraction of sp³-hybridized carbons (Fsp3) is 0.400. The van der Waals surface area contributed by atoms with Crippen LogP contribution >= 0.6 is 11.6 Å². The Morgan fingerprint density at radius 1 is 1.88 bits per heavy atom. The lowest BCUT2D eigenvalue weighted by atomic mass is 10.2. The fourth-order valence-corrected chi connectivity index (χ4v) is 0.304. The molecule has 0 fully saturated rings. The van der Waals surface area contributed by atoms with E-state index in [-0.39, 0.29) is 11.0 Å². The summed E-state index contributed by atoms with van der Waals surface area (Å²) in [6.07, 6.45) is 0. The second-order valence-corrected chi connectivity index (χ2v) is 2.16. The highest BCUT2D eigenvalue weighted by Crippen LogP contribution is 2.03. The highest BCUT2D eigenvalue weighted by Gasteiger charge is 2.06. The smallest absolute Gasteiger partial charge is 0.245 e. The van der Waals surface area contributed by atoms with Crippen LogP contribution < -0.4 is 5.73 Å². The molecule has 8 heavy (non-hydrogen) atoms. The Hall–Kier alpha value is -0.500. The summed E-state index contributed by atoms with van der Waals surface area (Å²) in [6.45, 7) is 4.99. The van der Waals surface area contributed by atoms with Gasteiger partial charge in [0.1, 0.15) is 0 Å². The Morgan fingerprint density at radius 2 is 2.25 bits per heavy atom. The van der Waals surface area contributed by atoms with E-state index < -0.39 is 5.91 Å². The average Bonchev–Trinajstić information content (AvgIpc) is 1.64. The Balaban J connectivity index is 3.84. The summed E-state index contributed by atoms with van der Waals surface area (Å²) in [5, 5.41) is -0.354. The van der Waals surface area contributed by atoms with Gasteiger partial charge < -0.3 is 5.73 Å². The molecule has 0 aromatic carbocycles. The lowest BCUT2D eigenvalue weighted by molar-refractivity contribution is -0.114. The van der Waals surface area contributed by atoms with Crippen molar-refractivity contribution in [2.75, 3.05) is 0 Å². The topological polar surface area (TPSA) is 43.1 Å². The lowest BCUT2D eigenvalue weighted by Crippen LogP contribution is -2.17. The first kappa shape index (κ1) is 7.50. The summed E-state index contributed by atoms with van der Waals surface area (Å²) in [5.41, 5.74) is 5.07. The molecule has 0 bridgehead atoms. The Bertz CT molecular complexity index is 120. The van der Waals surface area contributed by atoms with Crippen LogP contribution in [0.15, 0.2) is 12.2 Å². The van der Waals surface area contributed by atoms with Gasteiger partial charge in [0.25, 0.3) is 0 Å².